The van der Waals surface area contributed by atoms with E-state index < -0.39 is 0 Å². The highest BCUT2D eigenvalue weighted by molar-refractivity contribution is 6.30. The minimum atomic E-state index is 0.0195. The molecule has 1 aromatic heterocycles. The summed E-state index contributed by atoms with van der Waals surface area (Å²) >= 11 is 5.96. The lowest BCUT2D eigenvalue weighted by molar-refractivity contribution is 0.164. The molecule has 2 N–H and O–H groups in total. The number of furan rings is 1. The number of nitrogens with two attached hydrogens (primary N) is 1. The number of halogens is 1. The highest BCUT2D eigenvalue weighted by atomic mass is 35.5. The maximum Gasteiger partial charge on any atom is 0.117 e. The van der Waals surface area contributed by atoms with Crippen LogP contribution in [0.15, 0.2) is 47.1 Å². The van der Waals surface area contributed by atoms with E-state index in [-0.39, 0.29) is 12.1 Å². The molecule has 2 aromatic rings. The van der Waals surface area contributed by atoms with Crippen LogP contribution < -0.4 is 5.73 Å². The van der Waals surface area contributed by atoms with E-state index in [2.05, 4.69) is 11.8 Å². The molecule has 3 nitrogen and oxygen atoms in total. The summed E-state index contributed by atoms with van der Waals surface area (Å²) in [6.07, 6.45) is 1.70. The Bertz CT molecular complexity index is 508. The number of benzene rings is 1. The molecule has 1 heterocycles. The van der Waals surface area contributed by atoms with Crippen molar-refractivity contribution >= 4 is 11.6 Å². The molecule has 0 fully saturated rings. The molecule has 0 saturated heterocycles. The first-order valence-electron chi connectivity index (χ1n) is 6.89. The SMILES string of the molecule is CCN(Cc1ccco1)C(c1ccc(Cl)cc1)C(C)N. The molecule has 0 spiro atoms. The normalized spacial score (nSPS) is 14.4. The molecule has 0 amide bonds. The van der Waals surface area contributed by atoms with Crippen molar-refractivity contribution in [2.75, 3.05) is 6.54 Å². The quantitative estimate of drug-likeness (QED) is 0.879. The molecular weight excluding hydrogens is 272 g/mol. The Morgan fingerprint density at radius 1 is 1.25 bits per heavy atom. The topological polar surface area (TPSA) is 42.4 Å². The van der Waals surface area contributed by atoms with E-state index in [9.17, 15) is 0 Å². The zero-order chi connectivity index (χ0) is 14.5. The van der Waals surface area contributed by atoms with E-state index in [1.807, 2.05) is 43.3 Å². The summed E-state index contributed by atoms with van der Waals surface area (Å²) in [7, 11) is 0. The summed E-state index contributed by atoms with van der Waals surface area (Å²) in [4.78, 5) is 2.31. The van der Waals surface area contributed by atoms with Crippen molar-refractivity contribution in [1.29, 1.82) is 0 Å². The van der Waals surface area contributed by atoms with Crippen molar-refractivity contribution in [1.82, 2.24) is 4.90 Å². The molecule has 1 aromatic carbocycles. The van der Waals surface area contributed by atoms with Gasteiger partial charge in [0.15, 0.2) is 0 Å². The van der Waals surface area contributed by atoms with Gasteiger partial charge in [-0.2, -0.15) is 0 Å². The van der Waals surface area contributed by atoms with E-state index >= 15 is 0 Å². The molecule has 0 aliphatic heterocycles. The van der Waals surface area contributed by atoms with E-state index in [0.717, 1.165) is 23.9 Å². The zero-order valence-corrected chi connectivity index (χ0v) is 12.7. The van der Waals surface area contributed by atoms with Crippen LogP contribution in [0, 0.1) is 0 Å². The first-order chi connectivity index (χ1) is 9.61. The summed E-state index contributed by atoms with van der Waals surface area (Å²) < 4.78 is 5.45. The third-order valence-corrected chi connectivity index (χ3v) is 3.70. The minimum Gasteiger partial charge on any atom is -0.468 e. The van der Waals surface area contributed by atoms with Gasteiger partial charge in [0.25, 0.3) is 0 Å². The second-order valence-corrected chi connectivity index (χ2v) is 5.43. The number of hydrogen-bond donors (Lipinski definition) is 1. The standard InChI is InChI=1S/C16H21ClN2O/c1-3-19(11-15-5-4-10-20-15)16(12(2)18)13-6-8-14(17)9-7-13/h4-10,12,16H,3,11,18H2,1-2H3. The lowest BCUT2D eigenvalue weighted by Crippen LogP contribution is -2.39. The molecule has 20 heavy (non-hydrogen) atoms. The molecule has 2 unspecified atom stereocenters. The van der Waals surface area contributed by atoms with Gasteiger partial charge in [0.05, 0.1) is 18.8 Å². The van der Waals surface area contributed by atoms with Gasteiger partial charge in [-0.15, -0.1) is 0 Å². The Morgan fingerprint density at radius 3 is 2.45 bits per heavy atom. The molecule has 2 atom stereocenters. The molecule has 108 valence electrons. The highest BCUT2D eigenvalue weighted by Gasteiger charge is 2.23. The molecule has 0 bridgehead atoms. The van der Waals surface area contributed by atoms with Crippen LogP contribution in [0.2, 0.25) is 5.02 Å². The number of hydrogen-bond acceptors (Lipinski definition) is 3. The van der Waals surface area contributed by atoms with Crippen LogP contribution in [-0.4, -0.2) is 17.5 Å². The summed E-state index contributed by atoms with van der Waals surface area (Å²) in [5, 5.41) is 0.742. The van der Waals surface area contributed by atoms with E-state index in [4.69, 9.17) is 21.8 Å². The Morgan fingerprint density at radius 2 is 1.95 bits per heavy atom. The fourth-order valence-electron chi connectivity index (χ4n) is 2.52. The zero-order valence-electron chi connectivity index (χ0n) is 11.9. The third kappa shape index (κ3) is 3.63. The van der Waals surface area contributed by atoms with Crippen molar-refractivity contribution in [3.63, 3.8) is 0 Å². The maximum absolute atomic E-state index is 6.21. The predicted molar refractivity (Wildman–Crippen MR) is 82.6 cm³/mol. The van der Waals surface area contributed by atoms with Gasteiger partial charge in [-0.3, -0.25) is 4.90 Å². The van der Waals surface area contributed by atoms with Crippen LogP contribution in [0.25, 0.3) is 0 Å². The summed E-state index contributed by atoms with van der Waals surface area (Å²) in [5.41, 5.74) is 7.39. The smallest absolute Gasteiger partial charge is 0.117 e. The molecule has 0 radical (unpaired) electrons. The Hall–Kier alpha value is -1.29. The number of likely N-dealkylation sites (N-methyl/N-ethyl adjacent to an activating group) is 1. The average Bonchev–Trinajstić information content (AvgIpc) is 2.92. The van der Waals surface area contributed by atoms with Crippen LogP contribution in [0.5, 0.6) is 0 Å². The average molecular weight is 293 g/mol. The van der Waals surface area contributed by atoms with Gasteiger partial charge in [0.1, 0.15) is 5.76 Å². The summed E-state index contributed by atoms with van der Waals surface area (Å²) in [6, 6.07) is 12.0. The second-order valence-electron chi connectivity index (χ2n) is 5.00. The molecule has 4 heteroatoms. The molecular formula is C16H21ClN2O. The minimum absolute atomic E-state index is 0.0195. The van der Waals surface area contributed by atoms with Crippen molar-refractivity contribution in [3.05, 3.63) is 59.0 Å². The molecule has 0 aliphatic carbocycles. The van der Waals surface area contributed by atoms with Gasteiger partial charge in [0.2, 0.25) is 0 Å². The summed E-state index contributed by atoms with van der Waals surface area (Å²) in [5.74, 6) is 0.950. The monoisotopic (exact) mass is 292 g/mol. The van der Waals surface area contributed by atoms with Gasteiger partial charge >= 0.3 is 0 Å². The van der Waals surface area contributed by atoms with E-state index in [1.54, 1.807) is 6.26 Å². The van der Waals surface area contributed by atoms with Crippen LogP contribution in [0.3, 0.4) is 0 Å². The van der Waals surface area contributed by atoms with Crippen molar-refractivity contribution in [2.24, 2.45) is 5.73 Å². The van der Waals surface area contributed by atoms with Crippen molar-refractivity contribution < 1.29 is 4.42 Å². The first-order valence-corrected chi connectivity index (χ1v) is 7.27. The van der Waals surface area contributed by atoms with Crippen LogP contribution in [0.4, 0.5) is 0 Å². The van der Waals surface area contributed by atoms with E-state index in [0.29, 0.717) is 0 Å². The highest BCUT2D eigenvalue weighted by Crippen LogP contribution is 2.26. The predicted octanol–water partition coefficient (Wildman–Crippen LogP) is 3.84. The van der Waals surface area contributed by atoms with E-state index in [1.165, 1.54) is 5.56 Å². The second kappa shape index (κ2) is 6.93. The first kappa shape index (κ1) is 15.1. The van der Waals surface area contributed by atoms with Gasteiger partial charge < -0.3 is 10.2 Å². The van der Waals surface area contributed by atoms with Crippen LogP contribution in [-0.2, 0) is 6.54 Å². The van der Waals surface area contributed by atoms with Crippen LogP contribution in [0.1, 0.15) is 31.2 Å². The number of rotatable bonds is 6. The van der Waals surface area contributed by atoms with Crippen molar-refractivity contribution in [2.45, 2.75) is 32.5 Å². The Kier molecular flexibility index (Phi) is 5.24. The fourth-order valence-corrected chi connectivity index (χ4v) is 2.64. The lowest BCUT2D eigenvalue weighted by Gasteiger charge is -2.33. The molecule has 2 rings (SSSR count). The molecule has 0 aliphatic rings. The third-order valence-electron chi connectivity index (χ3n) is 3.45. The lowest BCUT2D eigenvalue weighted by atomic mass is 9.99. The maximum atomic E-state index is 6.21. The fraction of sp³-hybridized carbons (Fsp3) is 0.375. The van der Waals surface area contributed by atoms with Gasteiger partial charge in [-0.05, 0) is 43.3 Å². The Labute approximate surface area is 125 Å². The van der Waals surface area contributed by atoms with Gasteiger partial charge in [-0.25, -0.2) is 0 Å². The molecule has 0 saturated carbocycles. The van der Waals surface area contributed by atoms with Gasteiger partial charge in [-0.1, -0.05) is 30.7 Å². The largest absolute Gasteiger partial charge is 0.468 e. The van der Waals surface area contributed by atoms with Crippen molar-refractivity contribution in [3.8, 4) is 0 Å². The summed E-state index contributed by atoms with van der Waals surface area (Å²) in [6.45, 7) is 5.81. The Balaban J connectivity index is 2.23. The van der Waals surface area contributed by atoms with Gasteiger partial charge in [0, 0.05) is 11.1 Å². The number of nitrogens with zero attached hydrogens (tertiary/aromatic N) is 1. The van der Waals surface area contributed by atoms with Crippen LogP contribution >= 0.6 is 11.6 Å².